The molecule has 3 N–H and O–H groups in total. The number of hydrogen-bond acceptors (Lipinski definition) is 5. The summed E-state index contributed by atoms with van der Waals surface area (Å²) in [6.45, 7) is 0. The van der Waals surface area contributed by atoms with Crippen LogP contribution in [0, 0.1) is 11.7 Å². The minimum absolute atomic E-state index is 0.0346. The number of amides is 1. The van der Waals surface area contributed by atoms with Crippen LogP contribution in [0.4, 0.5) is 27.6 Å². The van der Waals surface area contributed by atoms with E-state index in [1.165, 1.54) is 18.3 Å². The first-order valence-electron chi connectivity index (χ1n) is 9.43. The Morgan fingerprint density at radius 1 is 1.25 bits per heavy atom. The largest absolute Gasteiger partial charge is 0.461 e. The van der Waals surface area contributed by atoms with E-state index in [-0.39, 0.29) is 11.4 Å². The summed E-state index contributed by atoms with van der Waals surface area (Å²) < 4.78 is 77.0. The second-order valence-electron chi connectivity index (χ2n) is 7.61. The van der Waals surface area contributed by atoms with Gasteiger partial charge in [-0.05, 0) is 30.3 Å². The van der Waals surface area contributed by atoms with Gasteiger partial charge in [-0.1, -0.05) is 11.6 Å². The molecule has 32 heavy (non-hydrogen) atoms. The first kappa shape index (κ1) is 22.3. The second kappa shape index (κ2) is 7.88. The van der Waals surface area contributed by atoms with E-state index in [2.05, 4.69) is 15.3 Å². The molecule has 1 aliphatic heterocycles. The maximum absolute atomic E-state index is 14.8. The lowest BCUT2D eigenvalue weighted by molar-refractivity contribution is -0.0392. The summed E-state index contributed by atoms with van der Waals surface area (Å²) >= 11 is 5.73. The van der Waals surface area contributed by atoms with E-state index in [1.807, 2.05) is 0 Å². The number of nitrogens with two attached hydrogens (primary N) is 1. The first-order valence-corrected chi connectivity index (χ1v) is 9.80. The highest BCUT2D eigenvalue weighted by Gasteiger charge is 2.63. The molecule has 12 heteroatoms. The van der Waals surface area contributed by atoms with Gasteiger partial charge in [-0.2, -0.15) is 0 Å². The molecule has 1 aromatic heterocycles. The van der Waals surface area contributed by atoms with Gasteiger partial charge in [0.2, 0.25) is 0 Å². The van der Waals surface area contributed by atoms with Gasteiger partial charge in [0.05, 0.1) is 5.02 Å². The number of anilines is 1. The second-order valence-corrected chi connectivity index (χ2v) is 8.05. The molecule has 1 saturated carbocycles. The predicted molar refractivity (Wildman–Crippen MR) is 105 cm³/mol. The van der Waals surface area contributed by atoms with Crippen molar-refractivity contribution in [1.29, 1.82) is 0 Å². The number of nitrogens with zero attached hydrogens (tertiary/aromatic N) is 2. The Labute approximate surface area is 183 Å². The molecule has 1 aliphatic carbocycles. The van der Waals surface area contributed by atoms with Gasteiger partial charge in [0.15, 0.2) is 5.54 Å². The third-order valence-corrected chi connectivity index (χ3v) is 5.77. The lowest BCUT2D eigenvalue weighted by Gasteiger charge is -2.41. The number of benzene rings is 1. The summed E-state index contributed by atoms with van der Waals surface area (Å²) in [5.41, 5.74) is 2.04. The fourth-order valence-corrected chi connectivity index (χ4v) is 4.30. The summed E-state index contributed by atoms with van der Waals surface area (Å²) in [4.78, 5) is 19.9. The lowest BCUT2D eigenvalue weighted by atomic mass is 9.75. The Hall–Kier alpha value is -2.95. The molecular formula is C20H16ClF5N4O2. The summed E-state index contributed by atoms with van der Waals surface area (Å²) in [6.07, 6.45) is -5.35. The van der Waals surface area contributed by atoms with Crippen LogP contribution in [0.25, 0.3) is 0 Å². The van der Waals surface area contributed by atoms with E-state index in [0.29, 0.717) is 5.02 Å². The molecule has 1 amide bonds. The van der Waals surface area contributed by atoms with Crippen molar-refractivity contribution in [3.63, 3.8) is 0 Å². The number of rotatable bonds is 4. The number of halogens is 6. The van der Waals surface area contributed by atoms with Crippen molar-refractivity contribution in [2.24, 2.45) is 16.6 Å². The number of aliphatic imine (C=N–C) groups is 1. The van der Waals surface area contributed by atoms with Crippen LogP contribution >= 0.6 is 11.6 Å². The number of fused-ring (bicyclic) bond motifs is 1. The van der Waals surface area contributed by atoms with E-state index >= 15 is 0 Å². The van der Waals surface area contributed by atoms with Crippen molar-refractivity contribution >= 4 is 29.2 Å². The van der Waals surface area contributed by atoms with Crippen molar-refractivity contribution in [2.75, 3.05) is 5.32 Å². The SMILES string of the molecule is NC1=N[C@@](c2cc(NC(=O)c3ccc(Cl)cn3)ccc2F)(C(F)F)[C@H]2CC(F)(F)C[C@H]2O1. The molecule has 170 valence electrons. The van der Waals surface area contributed by atoms with E-state index in [0.717, 1.165) is 18.2 Å². The summed E-state index contributed by atoms with van der Waals surface area (Å²) in [5.74, 6) is -6.67. The van der Waals surface area contributed by atoms with E-state index in [4.69, 9.17) is 22.1 Å². The van der Waals surface area contributed by atoms with Crippen LogP contribution < -0.4 is 11.1 Å². The van der Waals surface area contributed by atoms with Crippen molar-refractivity contribution in [1.82, 2.24) is 4.98 Å². The number of nitrogens with one attached hydrogen (secondary N) is 1. The van der Waals surface area contributed by atoms with Crippen molar-refractivity contribution in [3.05, 3.63) is 58.6 Å². The van der Waals surface area contributed by atoms with Gasteiger partial charge in [-0.15, -0.1) is 0 Å². The number of carbonyl (C=O) groups excluding carboxylic acids is 1. The maximum atomic E-state index is 14.8. The van der Waals surface area contributed by atoms with Gasteiger partial charge < -0.3 is 15.8 Å². The van der Waals surface area contributed by atoms with Crippen molar-refractivity contribution < 1.29 is 31.5 Å². The third-order valence-electron chi connectivity index (χ3n) is 5.55. The first-order chi connectivity index (χ1) is 15.0. The maximum Gasteiger partial charge on any atom is 0.283 e. The van der Waals surface area contributed by atoms with Gasteiger partial charge in [0.1, 0.15) is 17.6 Å². The molecule has 2 aromatic rings. The normalized spacial score (nSPS) is 26.3. The van der Waals surface area contributed by atoms with Crippen molar-refractivity contribution in [3.8, 4) is 0 Å². The molecule has 2 aliphatic rings. The smallest absolute Gasteiger partial charge is 0.283 e. The van der Waals surface area contributed by atoms with Crippen LogP contribution in [-0.4, -0.2) is 35.4 Å². The highest BCUT2D eigenvalue weighted by atomic mass is 35.5. The standard InChI is InChI=1S/C20H16ClF5N4O2/c21-9-1-4-14(28-8-9)16(31)29-10-2-3-13(22)11(5-10)20(17(23)24)12-6-19(25,26)7-15(12)32-18(27)30-20/h1-5,8,12,15,17H,6-7H2,(H2,27,30)(H,29,31)/t12-,15+,20+/m0/s1. The molecule has 0 bridgehead atoms. The summed E-state index contributed by atoms with van der Waals surface area (Å²) in [6, 6.07) is 4.93. The molecule has 1 fully saturated rings. The number of aromatic nitrogens is 1. The van der Waals surface area contributed by atoms with E-state index < -0.39 is 66.1 Å². The molecule has 0 saturated heterocycles. The number of pyridine rings is 1. The zero-order chi connectivity index (χ0) is 23.3. The van der Waals surface area contributed by atoms with Crippen molar-refractivity contribution in [2.45, 2.75) is 36.8 Å². The lowest BCUT2D eigenvalue weighted by Crippen LogP contribution is -2.51. The molecule has 3 atom stereocenters. The average molecular weight is 475 g/mol. The molecular weight excluding hydrogens is 459 g/mol. The van der Waals surface area contributed by atoms with Crippen LogP contribution in [0.2, 0.25) is 5.02 Å². The highest BCUT2D eigenvalue weighted by Crippen LogP contribution is 2.55. The summed E-state index contributed by atoms with van der Waals surface area (Å²) in [7, 11) is 0. The molecule has 1 aromatic carbocycles. The van der Waals surface area contributed by atoms with Gasteiger partial charge in [-0.3, -0.25) is 4.79 Å². The third kappa shape index (κ3) is 3.85. The van der Waals surface area contributed by atoms with Gasteiger partial charge in [0.25, 0.3) is 24.3 Å². The molecule has 4 rings (SSSR count). The number of carbonyl (C=O) groups is 1. The minimum atomic E-state index is -3.38. The predicted octanol–water partition coefficient (Wildman–Crippen LogP) is 4.35. The molecule has 0 unspecified atom stereocenters. The topological polar surface area (TPSA) is 89.6 Å². The van der Waals surface area contributed by atoms with Crippen LogP contribution in [0.3, 0.4) is 0 Å². The molecule has 6 nitrogen and oxygen atoms in total. The zero-order valence-electron chi connectivity index (χ0n) is 16.2. The number of amidine groups is 1. The van der Waals surface area contributed by atoms with Crippen LogP contribution in [0.1, 0.15) is 28.9 Å². The Balaban J connectivity index is 1.76. The molecule has 2 heterocycles. The Bertz CT molecular complexity index is 1080. The minimum Gasteiger partial charge on any atom is -0.461 e. The average Bonchev–Trinajstić information content (AvgIpc) is 3.03. The number of alkyl halides is 4. The van der Waals surface area contributed by atoms with Crippen LogP contribution in [0.5, 0.6) is 0 Å². The van der Waals surface area contributed by atoms with Gasteiger partial charge >= 0.3 is 0 Å². The molecule has 0 spiro atoms. The van der Waals surface area contributed by atoms with Crippen LogP contribution in [-0.2, 0) is 10.3 Å². The number of hydrogen-bond donors (Lipinski definition) is 2. The quantitative estimate of drug-likeness (QED) is 0.645. The fourth-order valence-electron chi connectivity index (χ4n) is 4.19. The fraction of sp³-hybridized carbons (Fsp3) is 0.350. The highest BCUT2D eigenvalue weighted by molar-refractivity contribution is 6.30. The van der Waals surface area contributed by atoms with E-state index in [1.54, 1.807) is 0 Å². The van der Waals surface area contributed by atoms with Gasteiger partial charge in [0, 0.05) is 36.2 Å². The Morgan fingerprint density at radius 3 is 2.66 bits per heavy atom. The Morgan fingerprint density at radius 2 is 2.00 bits per heavy atom. The monoisotopic (exact) mass is 474 g/mol. The van der Waals surface area contributed by atoms with E-state index in [9.17, 15) is 26.7 Å². The molecule has 0 radical (unpaired) electrons. The summed E-state index contributed by atoms with van der Waals surface area (Å²) in [5, 5.41) is 2.71. The number of ether oxygens (including phenoxy) is 1. The zero-order valence-corrected chi connectivity index (χ0v) is 16.9. The van der Waals surface area contributed by atoms with Crippen LogP contribution in [0.15, 0.2) is 41.5 Å². The van der Waals surface area contributed by atoms with Gasteiger partial charge in [-0.25, -0.2) is 31.9 Å². The Kier molecular flexibility index (Phi) is 5.48.